The summed E-state index contributed by atoms with van der Waals surface area (Å²) < 4.78 is 5.32. The van der Waals surface area contributed by atoms with Crippen molar-refractivity contribution in [3.63, 3.8) is 0 Å². The Hall–Kier alpha value is -2.55. The molecule has 2 atom stereocenters. The summed E-state index contributed by atoms with van der Waals surface area (Å²) in [6.07, 6.45) is -0.527. The Kier molecular flexibility index (Phi) is 4.60. The van der Waals surface area contributed by atoms with E-state index in [0.717, 1.165) is 0 Å². The van der Waals surface area contributed by atoms with Crippen LogP contribution in [0, 0.1) is 17.2 Å². The third kappa shape index (κ3) is 3.81. The molecular formula is C17H20N2O4. The highest BCUT2D eigenvalue weighted by atomic mass is 16.6. The molecule has 1 N–H and O–H groups in total. The molecule has 1 aliphatic rings. The number of hydrogen-bond donors (Lipinski definition) is 1. The number of benzene rings is 1. The average molecular weight is 316 g/mol. The van der Waals surface area contributed by atoms with Crippen molar-refractivity contribution in [2.24, 2.45) is 5.92 Å². The molecule has 1 aromatic carbocycles. The Balaban J connectivity index is 2.28. The highest BCUT2D eigenvalue weighted by Crippen LogP contribution is 2.35. The number of hydrogen-bond acceptors (Lipinski definition) is 4. The predicted octanol–water partition coefficient (Wildman–Crippen LogP) is 2.59. The maximum absolute atomic E-state index is 12.2. The lowest BCUT2D eigenvalue weighted by molar-refractivity contribution is -0.141. The van der Waals surface area contributed by atoms with Crippen LogP contribution in [-0.2, 0) is 9.53 Å². The number of aliphatic carboxylic acids is 1. The van der Waals surface area contributed by atoms with Crippen LogP contribution in [0.4, 0.5) is 4.79 Å². The number of nitriles is 1. The lowest BCUT2D eigenvalue weighted by atomic mass is 9.86. The lowest BCUT2D eigenvalue weighted by Gasteiger charge is -2.24. The normalized spacial score (nSPS) is 20.9. The molecule has 1 aliphatic heterocycles. The molecule has 23 heavy (non-hydrogen) atoms. The van der Waals surface area contributed by atoms with Crippen LogP contribution in [0.5, 0.6) is 0 Å². The second kappa shape index (κ2) is 6.29. The minimum Gasteiger partial charge on any atom is -0.481 e. The molecule has 1 amide bonds. The molecule has 1 fully saturated rings. The van der Waals surface area contributed by atoms with Crippen LogP contribution in [-0.4, -0.2) is 40.8 Å². The summed E-state index contributed by atoms with van der Waals surface area (Å²) in [5.74, 6) is -2.15. The Morgan fingerprint density at radius 1 is 1.30 bits per heavy atom. The molecule has 1 saturated heterocycles. The van der Waals surface area contributed by atoms with Crippen molar-refractivity contribution in [1.82, 2.24) is 4.90 Å². The zero-order valence-corrected chi connectivity index (χ0v) is 13.4. The first-order chi connectivity index (χ1) is 10.7. The zero-order valence-electron chi connectivity index (χ0n) is 13.4. The number of carboxylic acid groups (broad SMARTS) is 1. The molecule has 0 unspecified atom stereocenters. The second-order valence-corrected chi connectivity index (χ2v) is 6.64. The fourth-order valence-corrected chi connectivity index (χ4v) is 2.77. The fourth-order valence-electron chi connectivity index (χ4n) is 2.77. The summed E-state index contributed by atoms with van der Waals surface area (Å²) in [7, 11) is 0. The van der Waals surface area contributed by atoms with E-state index in [1.807, 2.05) is 0 Å². The van der Waals surface area contributed by atoms with Gasteiger partial charge in [0.1, 0.15) is 5.60 Å². The smallest absolute Gasteiger partial charge is 0.410 e. The number of amides is 1. The van der Waals surface area contributed by atoms with E-state index >= 15 is 0 Å². The summed E-state index contributed by atoms with van der Waals surface area (Å²) >= 11 is 0. The van der Waals surface area contributed by atoms with Crippen LogP contribution >= 0.6 is 0 Å². The Morgan fingerprint density at radius 2 is 1.96 bits per heavy atom. The first kappa shape index (κ1) is 16.8. The van der Waals surface area contributed by atoms with Crippen LogP contribution in [0.3, 0.4) is 0 Å². The summed E-state index contributed by atoms with van der Waals surface area (Å²) in [5.41, 5.74) is 0.460. The molecule has 0 radical (unpaired) electrons. The van der Waals surface area contributed by atoms with Crippen molar-refractivity contribution in [3.8, 4) is 6.07 Å². The van der Waals surface area contributed by atoms with E-state index in [-0.39, 0.29) is 13.1 Å². The lowest BCUT2D eigenvalue weighted by Crippen LogP contribution is -2.35. The van der Waals surface area contributed by atoms with Crippen molar-refractivity contribution in [3.05, 3.63) is 35.4 Å². The van der Waals surface area contributed by atoms with Crippen molar-refractivity contribution in [2.45, 2.75) is 32.3 Å². The van der Waals surface area contributed by atoms with E-state index in [1.165, 1.54) is 4.90 Å². The molecule has 6 nitrogen and oxygen atoms in total. The predicted molar refractivity (Wildman–Crippen MR) is 82.8 cm³/mol. The molecule has 2 rings (SSSR count). The number of likely N-dealkylation sites (tertiary alicyclic amines) is 1. The number of ether oxygens (including phenoxy) is 1. The molecule has 0 bridgehead atoms. The van der Waals surface area contributed by atoms with Gasteiger partial charge in [0, 0.05) is 19.0 Å². The maximum Gasteiger partial charge on any atom is 0.410 e. The SMILES string of the molecule is CC(C)(C)OC(=O)N1C[C@H](C(=O)O)[C@H](c2ccccc2C#N)C1. The second-order valence-electron chi connectivity index (χ2n) is 6.64. The van der Waals surface area contributed by atoms with Gasteiger partial charge >= 0.3 is 12.1 Å². The van der Waals surface area contributed by atoms with Gasteiger partial charge in [-0.05, 0) is 32.4 Å². The van der Waals surface area contributed by atoms with Crippen LogP contribution in [0.15, 0.2) is 24.3 Å². The Labute approximate surface area is 135 Å². The molecule has 122 valence electrons. The number of nitrogens with zero attached hydrogens (tertiary/aromatic N) is 2. The number of carboxylic acids is 1. The van der Waals surface area contributed by atoms with E-state index in [1.54, 1.807) is 45.0 Å². The van der Waals surface area contributed by atoms with Gasteiger partial charge in [-0.2, -0.15) is 5.26 Å². The first-order valence-corrected chi connectivity index (χ1v) is 7.42. The van der Waals surface area contributed by atoms with Gasteiger partial charge < -0.3 is 14.7 Å². The van der Waals surface area contributed by atoms with Gasteiger partial charge in [-0.15, -0.1) is 0 Å². The quantitative estimate of drug-likeness (QED) is 0.905. The Bertz CT molecular complexity index is 657. The summed E-state index contributed by atoms with van der Waals surface area (Å²) in [6, 6.07) is 9.00. The molecule has 1 heterocycles. The Morgan fingerprint density at radius 3 is 2.52 bits per heavy atom. The fraction of sp³-hybridized carbons (Fsp3) is 0.471. The van der Waals surface area contributed by atoms with Crippen molar-refractivity contribution < 1.29 is 19.4 Å². The van der Waals surface area contributed by atoms with Gasteiger partial charge in [-0.1, -0.05) is 18.2 Å². The molecule has 6 heteroatoms. The van der Waals surface area contributed by atoms with Crippen LogP contribution in [0.25, 0.3) is 0 Å². The summed E-state index contributed by atoms with van der Waals surface area (Å²) in [6.45, 7) is 5.59. The molecule has 0 aliphatic carbocycles. The maximum atomic E-state index is 12.2. The van der Waals surface area contributed by atoms with Crippen LogP contribution in [0.1, 0.15) is 37.8 Å². The highest BCUT2D eigenvalue weighted by Gasteiger charge is 2.42. The van der Waals surface area contributed by atoms with E-state index in [0.29, 0.717) is 11.1 Å². The van der Waals surface area contributed by atoms with Crippen LogP contribution < -0.4 is 0 Å². The van der Waals surface area contributed by atoms with E-state index in [2.05, 4.69) is 6.07 Å². The third-order valence-electron chi connectivity index (χ3n) is 3.77. The molecule has 1 aromatic rings. The number of carbonyl (C=O) groups is 2. The summed E-state index contributed by atoms with van der Waals surface area (Å²) in [5, 5.41) is 18.7. The van der Waals surface area contributed by atoms with Gasteiger partial charge in [0.25, 0.3) is 0 Å². The standard InChI is InChI=1S/C17H20N2O4/c1-17(2,3)23-16(22)19-9-13(14(10-19)15(20)21)12-7-5-4-6-11(12)8-18/h4-7,13-14H,9-10H2,1-3H3,(H,20,21)/t13-,14-/m0/s1. The number of carbonyl (C=O) groups excluding carboxylic acids is 1. The molecule has 0 aromatic heterocycles. The van der Waals surface area contributed by atoms with Crippen molar-refractivity contribution in [1.29, 1.82) is 5.26 Å². The minimum absolute atomic E-state index is 0.0781. The van der Waals surface area contributed by atoms with Crippen molar-refractivity contribution in [2.75, 3.05) is 13.1 Å². The topological polar surface area (TPSA) is 90.6 Å². The molecule has 0 spiro atoms. The van der Waals surface area contributed by atoms with Gasteiger partial charge in [0.05, 0.1) is 17.6 Å². The van der Waals surface area contributed by atoms with Crippen LogP contribution in [0.2, 0.25) is 0 Å². The minimum atomic E-state index is -0.978. The highest BCUT2D eigenvalue weighted by molar-refractivity contribution is 5.76. The van der Waals surface area contributed by atoms with Gasteiger partial charge in [0.2, 0.25) is 0 Å². The van der Waals surface area contributed by atoms with Gasteiger partial charge in [-0.25, -0.2) is 4.79 Å². The number of rotatable bonds is 2. The molecule has 0 saturated carbocycles. The largest absolute Gasteiger partial charge is 0.481 e. The third-order valence-corrected chi connectivity index (χ3v) is 3.77. The van der Waals surface area contributed by atoms with Crippen molar-refractivity contribution >= 4 is 12.1 Å². The monoisotopic (exact) mass is 316 g/mol. The van der Waals surface area contributed by atoms with Gasteiger partial charge in [0.15, 0.2) is 0 Å². The molecular weight excluding hydrogens is 296 g/mol. The zero-order chi connectivity index (χ0) is 17.2. The van der Waals surface area contributed by atoms with Gasteiger partial charge in [-0.3, -0.25) is 4.79 Å². The average Bonchev–Trinajstić information content (AvgIpc) is 2.90. The van der Waals surface area contributed by atoms with E-state index in [4.69, 9.17) is 4.74 Å². The van der Waals surface area contributed by atoms with E-state index in [9.17, 15) is 20.0 Å². The van der Waals surface area contributed by atoms with E-state index < -0.39 is 29.5 Å². The first-order valence-electron chi connectivity index (χ1n) is 7.42. The summed E-state index contributed by atoms with van der Waals surface area (Å²) in [4.78, 5) is 25.2.